The zero-order chi connectivity index (χ0) is 15.1. The van der Waals surface area contributed by atoms with Crippen molar-refractivity contribution in [3.8, 4) is 0 Å². The minimum absolute atomic E-state index is 0.294. The topological polar surface area (TPSA) is 48.4 Å². The van der Waals surface area contributed by atoms with E-state index in [0.717, 1.165) is 43.7 Å². The average molecular weight is 287 g/mol. The molecule has 4 heteroatoms. The van der Waals surface area contributed by atoms with Crippen LogP contribution in [0.3, 0.4) is 0 Å². The Kier molecular flexibility index (Phi) is 5.96. The third-order valence-corrected chi connectivity index (χ3v) is 3.68. The number of rotatable bonds is 8. The molecule has 0 aliphatic rings. The van der Waals surface area contributed by atoms with Crippen LogP contribution in [0.2, 0.25) is 0 Å². The number of hydrogen-bond acceptors (Lipinski definition) is 4. The number of aliphatic hydroxyl groups excluding tert-OH is 1. The predicted octanol–water partition coefficient (Wildman–Crippen LogP) is 2.87. The Bertz CT molecular complexity index is 571. The predicted molar refractivity (Wildman–Crippen MR) is 88.6 cm³/mol. The average Bonchev–Trinajstić information content (AvgIpc) is 2.51. The van der Waals surface area contributed by atoms with Crippen LogP contribution in [0.1, 0.15) is 24.8 Å². The Morgan fingerprint density at radius 1 is 1.19 bits per heavy atom. The number of fused-ring (bicyclic) bond motifs is 1. The number of para-hydroxylation sites is 1. The normalized spacial score (nSPS) is 11.2. The third-order valence-electron chi connectivity index (χ3n) is 3.68. The van der Waals surface area contributed by atoms with E-state index in [-0.39, 0.29) is 0 Å². The minimum Gasteiger partial charge on any atom is -0.396 e. The highest BCUT2D eigenvalue weighted by atomic mass is 16.2. The van der Waals surface area contributed by atoms with Crippen molar-refractivity contribution in [1.29, 1.82) is 0 Å². The van der Waals surface area contributed by atoms with Crippen molar-refractivity contribution in [3.05, 3.63) is 35.9 Å². The van der Waals surface area contributed by atoms with E-state index in [9.17, 15) is 0 Å². The van der Waals surface area contributed by atoms with Gasteiger partial charge in [0.1, 0.15) is 5.82 Å². The molecule has 0 aliphatic carbocycles. The van der Waals surface area contributed by atoms with Crippen LogP contribution < -0.4 is 5.32 Å². The zero-order valence-corrected chi connectivity index (χ0v) is 13.0. The molecule has 0 bridgehead atoms. The first-order valence-corrected chi connectivity index (χ1v) is 7.60. The molecule has 1 heterocycles. The summed E-state index contributed by atoms with van der Waals surface area (Å²) in [5.41, 5.74) is 2.25. The number of nitrogens with zero attached hydrogens (tertiary/aromatic N) is 2. The maximum Gasteiger partial charge on any atom is 0.130 e. The van der Waals surface area contributed by atoms with E-state index in [0.29, 0.717) is 6.61 Å². The van der Waals surface area contributed by atoms with Crippen molar-refractivity contribution in [3.63, 3.8) is 0 Å². The maximum absolute atomic E-state index is 8.81. The lowest BCUT2D eigenvalue weighted by Gasteiger charge is -2.18. The van der Waals surface area contributed by atoms with Gasteiger partial charge in [-0.2, -0.15) is 0 Å². The molecule has 1 aromatic carbocycles. The van der Waals surface area contributed by atoms with E-state index in [1.54, 1.807) is 0 Å². The first-order chi connectivity index (χ1) is 10.2. The number of unbranched alkanes of at least 4 members (excludes halogenated alkanes) is 2. The Balaban J connectivity index is 2.06. The summed E-state index contributed by atoms with van der Waals surface area (Å²) in [5.74, 6) is 0.955. The van der Waals surface area contributed by atoms with Gasteiger partial charge in [-0.1, -0.05) is 18.2 Å². The monoisotopic (exact) mass is 287 g/mol. The summed E-state index contributed by atoms with van der Waals surface area (Å²) in [6.45, 7) is 2.21. The van der Waals surface area contributed by atoms with Gasteiger partial charge in [-0.3, -0.25) is 0 Å². The third kappa shape index (κ3) is 4.41. The lowest BCUT2D eigenvalue weighted by molar-refractivity contribution is 0.271. The van der Waals surface area contributed by atoms with Crippen molar-refractivity contribution in [1.82, 2.24) is 9.88 Å². The van der Waals surface area contributed by atoms with Gasteiger partial charge in [-0.25, -0.2) is 4.98 Å². The van der Waals surface area contributed by atoms with E-state index in [1.165, 1.54) is 10.9 Å². The summed E-state index contributed by atoms with van der Waals surface area (Å²) in [6.07, 6.45) is 3.09. The van der Waals surface area contributed by atoms with Crippen molar-refractivity contribution in [2.45, 2.75) is 25.8 Å². The summed E-state index contributed by atoms with van der Waals surface area (Å²) >= 11 is 0. The van der Waals surface area contributed by atoms with Crippen LogP contribution in [0.15, 0.2) is 30.3 Å². The molecule has 0 amide bonds. The SMILES string of the molecule is CNc1nc2ccccc2cc1CN(C)CCCCCO. The number of benzene rings is 1. The van der Waals surface area contributed by atoms with Gasteiger partial charge in [-0.05, 0) is 45.0 Å². The number of anilines is 1. The maximum atomic E-state index is 8.81. The largest absolute Gasteiger partial charge is 0.396 e. The van der Waals surface area contributed by atoms with E-state index in [2.05, 4.69) is 34.4 Å². The molecule has 2 N–H and O–H groups in total. The highest BCUT2D eigenvalue weighted by molar-refractivity contribution is 5.81. The van der Waals surface area contributed by atoms with Gasteiger partial charge in [0, 0.05) is 31.1 Å². The molecule has 1 aromatic heterocycles. The molecular weight excluding hydrogens is 262 g/mol. The quantitative estimate of drug-likeness (QED) is 0.733. The standard InChI is InChI=1S/C17H25N3O/c1-18-17-15(13-20(2)10-6-3-7-11-21)12-14-8-4-5-9-16(14)19-17/h4-5,8-9,12,21H,3,6-7,10-11,13H2,1-2H3,(H,18,19). The molecule has 21 heavy (non-hydrogen) atoms. The van der Waals surface area contributed by atoms with E-state index in [1.807, 2.05) is 25.2 Å². The molecule has 0 atom stereocenters. The van der Waals surface area contributed by atoms with Gasteiger partial charge in [0.2, 0.25) is 0 Å². The number of pyridine rings is 1. The zero-order valence-electron chi connectivity index (χ0n) is 13.0. The molecule has 0 saturated carbocycles. The van der Waals surface area contributed by atoms with Crippen LogP contribution in [0, 0.1) is 0 Å². The Morgan fingerprint density at radius 2 is 2.00 bits per heavy atom. The van der Waals surface area contributed by atoms with Gasteiger partial charge in [0.15, 0.2) is 0 Å². The second-order valence-corrected chi connectivity index (χ2v) is 5.46. The Hall–Kier alpha value is -1.65. The highest BCUT2D eigenvalue weighted by Crippen LogP contribution is 2.21. The van der Waals surface area contributed by atoms with Gasteiger partial charge >= 0.3 is 0 Å². The van der Waals surface area contributed by atoms with E-state index in [4.69, 9.17) is 5.11 Å². The first-order valence-electron chi connectivity index (χ1n) is 7.60. The fourth-order valence-electron chi connectivity index (χ4n) is 2.54. The van der Waals surface area contributed by atoms with Crippen molar-refractivity contribution in [2.75, 3.05) is 32.6 Å². The summed E-state index contributed by atoms with van der Waals surface area (Å²) < 4.78 is 0. The smallest absolute Gasteiger partial charge is 0.130 e. The summed E-state index contributed by atoms with van der Waals surface area (Å²) in [5, 5.41) is 13.2. The van der Waals surface area contributed by atoms with Gasteiger partial charge in [0.05, 0.1) is 5.52 Å². The van der Waals surface area contributed by atoms with E-state index >= 15 is 0 Å². The van der Waals surface area contributed by atoms with Crippen LogP contribution >= 0.6 is 0 Å². The number of aliphatic hydroxyl groups is 1. The number of hydrogen-bond donors (Lipinski definition) is 2. The molecule has 0 radical (unpaired) electrons. The van der Waals surface area contributed by atoms with Crippen LogP contribution in [0.4, 0.5) is 5.82 Å². The second-order valence-electron chi connectivity index (χ2n) is 5.46. The first kappa shape index (κ1) is 15.7. The molecule has 0 spiro atoms. The second kappa shape index (κ2) is 7.96. The van der Waals surface area contributed by atoms with Crippen LogP contribution in [-0.4, -0.2) is 42.2 Å². The van der Waals surface area contributed by atoms with Gasteiger partial charge in [-0.15, -0.1) is 0 Å². The highest BCUT2D eigenvalue weighted by Gasteiger charge is 2.08. The molecular formula is C17H25N3O. The lowest BCUT2D eigenvalue weighted by atomic mass is 10.1. The van der Waals surface area contributed by atoms with Crippen molar-refractivity contribution >= 4 is 16.7 Å². The van der Waals surface area contributed by atoms with Crippen LogP contribution in [0.25, 0.3) is 10.9 Å². The lowest BCUT2D eigenvalue weighted by Crippen LogP contribution is -2.20. The molecule has 0 saturated heterocycles. The number of aromatic nitrogens is 1. The fraction of sp³-hybridized carbons (Fsp3) is 0.471. The Labute approximate surface area is 126 Å². The fourth-order valence-corrected chi connectivity index (χ4v) is 2.54. The summed E-state index contributed by atoms with van der Waals surface area (Å²) in [7, 11) is 4.05. The summed E-state index contributed by atoms with van der Waals surface area (Å²) in [4.78, 5) is 7.00. The molecule has 0 fully saturated rings. The molecule has 114 valence electrons. The Morgan fingerprint density at radius 3 is 2.76 bits per heavy atom. The van der Waals surface area contributed by atoms with Crippen LogP contribution in [-0.2, 0) is 6.54 Å². The van der Waals surface area contributed by atoms with Crippen molar-refractivity contribution < 1.29 is 5.11 Å². The van der Waals surface area contributed by atoms with Gasteiger partial charge in [0.25, 0.3) is 0 Å². The molecule has 4 nitrogen and oxygen atoms in total. The molecule has 0 unspecified atom stereocenters. The van der Waals surface area contributed by atoms with E-state index < -0.39 is 0 Å². The molecule has 2 aromatic rings. The number of nitrogens with one attached hydrogen (secondary N) is 1. The summed E-state index contributed by atoms with van der Waals surface area (Å²) in [6, 6.07) is 10.4. The molecule has 2 rings (SSSR count). The minimum atomic E-state index is 0.294. The van der Waals surface area contributed by atoms with Crippen LogP contribution in [0.5, 0.6) is 0 Å². The van der Waals surface area contributed by atoms with Gasteiger partial charge < -0.3 is 15.3 Å². The van der Waals surface area contributed by atoms with Crippen molar-refractivity contribution in [2.24, 2.45) is 0 Å². The molecule has 0 aliphatic heterocycles.